The minimum absolute atomic E-state index is 0.0875. The number of carbonyl (C=O) groups is 1. The number of anilines is 2. The Bertz CT molecular complexity index is 913. The van der Waals surface area contributed by atoms with Crippen molar-refractivity contribution in [3.8, 4) is 5.75 Å². The molecule has 132 valence electrons. The van der Waals surface area contributed by atoms with Crippen molar-refractivity contribution in [1.29, 1.82) is 0 Å². The molecule has 1 heterocycles. The van der Waals surface area contributed by atoms with Gasteiger partial charge in [0.15, 0.2) is 0 Å². The molecule has 0 saturated heterocycles. The van der Waals surface area contributed by atoms with E-state index in [2.05, 4.69) is 10.0 Å². The largest absolute Gasteiger partial charge is 0.497 e. The summed E-state index contributed by atoms with van der Waals surface area (Å²) >= 11 is 1.53. The number of rotatable bonds is 4. The van der Waals surface area contributed by atoms with Crippen molar-refractivity contribution >= 4 is 39.1 Å². The first-order valence-electron chi connectivity index (χ1n) is 7.63. The number of fused-ring (bicyclic) bond motifs is 1. The second kappa shape index (κ2) is 6.97. The fraction of sp³-hybridized carbons (Fsp3) is 0.235. The van der Waals surface area contributed by atoms with Crippen LogP contribution < -0.4 is 14.8 Å². The molecule has 1 atom stereocenters. The SMILES string of the molecule is COc1cccc(NS(=O)(=O)c2ccc3c(c2)NC(=O)[C@H](C)CS3)c1. The number of methoxy groups -OCH3 is 1. The summed E-state index contributed by atoms with van der Waals surface area (Å²) in [4.78, 5) is 12.9. The van der Waals surface area contributed by atoms with Crippen LogP contribution in [0.25, 0.3) is 0 Å². The quantitative estimate of drug-likeness (QED) is 0.854. The third-order valence-electron chi connectivity index (χ3n) is 3.78. The molecule has 2 aromatic carbocycles. The Labute approximate surface area is 151 Å². The Kier molecular flexibility index (Phi) is 4.91. The molecule has 0 aromatic heterocycles. The summed E-state index contributed by atoms with van der Waals surface area (Å²) in [6.45, 7) is 1.84. The van der Waals surface area contributed by atoms with Gasteiger partial charge in [-0.05, 0) is 30.3 Å². The summed E-state index contributed by atoms with van der Waals surface area (Å²) in [6, 6.07) is 11.4. The first-order valence-corrected chi connectivity index (χ1v) is 10.1. The molecule has 6 nitrogen and oxygen atoms in total. The van der Waals surface area contributed by atoms with Gasteiger partial charge in [-0.2, -0.15) is 0 Å². The van der Waals surface area contributed by atoms with E-state index < -0.39 is 10.0 Å². The lowest BCUT2D eigenvalue weighted by Gasteiger charge is -2.12. The number of hydrogen-bond acceptors (Lipinski definition) is 5. The number of thioether (sulfide) groups is 1. The van der Waals surface area contributed by atoms with Crippen LogP contribution in [0.15, 0.2) is 52.3 Å². The first-order chi connectivity index (χ1) is 11.9. The maximum Gasteiger partial charge on any atom is 0.261 e. The zero-order valence-electron chi connectivity index (χ0n) is 13.8. The third-order valence-corrected chi connectivity index (χ3v) is 6.49. The van der Waals surface area contributed by atoms with Gasteiger partial charge in [0.2, 0.25) is 5.91 Å². The molecule has 2 N–H and O–H groups in total. The van der Waals surface area contributed by atoms with Crippen molar-refractivity contribution in [1.82, 2.24) is 0 Å². The Morgan fingerprint density at radius 2 is 2.04 bits per heavy atom. The first kappa shape index (κ1) is 17.6. The number of nitrogens with one attached hydrogen (secondary N) is 2. The highest BCUT2D eigenvalue weighted by atomic mass is 32.2. The number of amides is 1. The summed E-state index contributed by atoms with van der Waals surface area (Å²) in [5.74, 6) is 0.973. The van der Waals surface area contributed by atoms with Crippen LogP contribution >= 0.6 is 11.8 Å². The summed E-state index contributed by atoms with van der Waals surface area (Å²) in [5.41, 5.74) is 0.925. The molecule has 0 spiro atoms. The molecule has 25 heavy (non-hydrogen) atoms. The Morgan fingerprint density at radius 3 is 2.80 bits per heavy atom. The molecule has 1 aliphatic heterocycles. The average molecular weight is 378 g/mol. The van der Waals surface area contributed by atoms with Crippen molar-refractivity contribution in [2.75, 3.05) is 22.9 Å². The highest BCUT2D eigenvalue weighted by Crippen LogP contribution is 2.34. The molecule has 0 fully saturated rings. The molecular formula is C17H18N2O4S2. The molecule has 1 aliphatic rings. The van der Waals surface area contributed by atoms with Gasteiger partial charge in [0.05, 0.1) is 23.4 Å². The molecule has 0 aliphatic carbocycles. The monoisotopic (exact) mass is 378 g/mol. The molecule has 8 heteroatoms. The van der Waals surface area contributed by atoms with Crippen LogP contribution in [-0.2, 0) is 14.8 Å². The van der Waals surface area contributed by atoms with Crippen LogP contribution in [-0.4, -0.2) is 27.2 Å². The zero-order valence-corrected chi connectivity index (χ0v) is 15.4. The van der Waals surface area contributed by atoms with Crippen molar-refractivity contribution < 1.29 is 17.9 Å². The third kappa shape index (κ3) is 3.91. The lowest BCUT2D eigenvalue weighted by Crippen LogP contribution is -2.20. The van der Waals surface area contributed by atoms with Crippen LogP contribution in [0.5, 0.6) is 5.75 Å². The highest BCUT2D eigenvalue weighted by Gasteiger charge is 2.23. The fourth-order valence-electron chi connectivity index (χ4n) is 2.35. The molecule has 2 aromatic rings. The summed E-state index contributed by atoms with van der Waals surface area (Å²) in [7, 11) is -2.27. The number of carbonyl (C=O) groups excluding carboxylic acids is 1. The van der Waals surface area contributed by atoms with E-state index in [1.165, 1.54) is 31.0 Å². The predicted octanol–water partition coefficient (Wildman–Crippen LogP) is 3.18. The van der Waals surface area contributed by atoms with Gasteiger partial charge < -0.3 is 10.1 Å². The Hall–Kier alpha value is -2.19. The van der Waals surface area contributed by atoms with Gasteiger partial charge in [-0.1, -0.05) is 13.0 Å². The second-order valence-corrected chi connectivity index (χ2v) is 8.44. The van der Waals surface area contributed by atoms with Crippen molar-refractivity contribution in [3.05, 3.63) is 42.5 Å². The highest BCUT2D eigenvalue weighted by molar-refractivity contribution is 7.99. The molecule has 1 amide bonds. The zero-order chi connectivity index (χ0) is 18.0. The van der Waals surface area contributed by atoms with E-state index in [9.17, 15) is 13.2 Å². The van der Waals surface area contributed by atoms with Crippen LogP contribution in [0, 0.1) is 5.92 Å². The van der Waals surface area contributed by atoms with E-state index in [1.807, 2.05) is 6.92 Å². The molecule has 0 saturated carbocycles. The predicted molar refractivity (Wildman–Crippen MR) is 98.8 cm³/mol. The maximum atomic E-state index is 12.6. The summed E-state index contributed by atoms with van der Waals surface area (Å²) in [5, 5.41) is 2.79. The van der Waals surface area contributed by atoms with E-state index in [-0.39, 0.29) is 16.7 Å². The van der Waals surface area contributed by atoms with E-state index >= 15 is 0 Å². The molecule has 0 radical (unpaired) electrons. The van der Waals surface area contributed by atoms with Gasteiger partial charge in [-0.3, -0.25) is 9.52 Å². The van der Waals surface area contributed by atoms with Gasteiger partial charge in [0, 0.05) is 22.6 Å². The smallest absolute Gasteiger partial charge is 0.261 e. The van der Waals surface area contributed by atoms with Crippen LogP contribution in [0.3, 0.4) is 0 Å². The number of sulfonamides is 1. The lowest BCUT2D eigenvalue weighted by atomic mass is 10.2. The number of ether oxygens (including phenoxy) is 1. The summed E-state index contributed by atoms with van der Waals surface area (Å²) < 4.78 is 32.9. The normalized spacial score (nSPS) is 17.2. The minimum atomic E-state index is -3.78. The lowest BCUT2D eigenvalue weighted by molar-refractivity contribution is -0.118. The van der Waals surface area contributed by atoms with Gasteiger partial charge in [0.25, 0.3) is 10.0 Å². The van der Waals surface area contributed by atoms with Crippen LogP contribution in [0.2, 0.25) is 0 Å². The number of benzene rings is 2. The van der Waals surface area contributed by atoms with Gasteiger partial charge >= 0.3 is 0 Å². The van der Waals surface area contributed by atoms with E-state index in [1.54, 1.807) is 30.3 Å². The van der Waals surface area contributed by atoms with Gasteiger partial charge in [0.1, 0.15) is 5.75 Å². The standard InChI is InChI=1S/C17H18N2O4S2/c1-11-10-24-16-7-6-14(9-15(16)18-17(11)20)25(21,22)19-12-4-3-5-13(8-12)23-2/h3-9,11,19H,10H2,1-2H3,(H,18,20)/t11-/m1/s1. The van der Waals surface area contributed by atoms with E-state index in [0.717, 1.165) is 4.90 Å². The molecule has 0 unspecified atom stereocenters. The van der Waals surface area contributed by atoms with E-state index in [4.69, 9.17) is 4.74 Å². The van der Waals surface area contributed by atoms with E-state index in [0.29, 0.717) is 22.9 Å². The number of hydrogen-bond donors (Lipinski definition) is 2. The fourth-order valence-corrected chi connectivity index (χ4v) is 4.43. The topological polar surface area (TPSA) is 84.5 Å². The molecular weight excluding hydrogens is 360 g/mol. The maximum absolute atomic E-state index is 12.6. The summed E-state index contributed by atoms with van der Waals surface area (Å²) in [6.07, 6.45) is 0. The molecule has 3 rings (SSSR count). The minimum Gasteiger partial charge on any atom is -0.497 e. The van der Waals surface area contributed by atoms with Crippen molar-refractivity contribution in [2.24, 2.45) is 5.92 Å². The van der Waals surface area contributed by atoms with Crippen molar-refractivity contribution in [3.63, 3.8) is 0 Å². The van der Waals surface area contributed by atoms with Gasteiger partial charge in [-0.15, -0.1) is 11.8 Å². The Morgan fingerprint density at radius 1 is 1.24 bits per heavy atom. The van der Waals surface area contributed by atoms with Crippen LogP contribution in [0.4, 0.5) is 11.4 Å². The Balaban J connectivity index is 1.90. The van der Waals surface area contributed by atoms with Crippen molar-refractivity contribution in [2.45, 2.75) is 16.7 Å². The van der Waals surface area contributed by atoms with Crippen LogP contribution in [0.1, 0.15) is 6.92 Å². The van der Waals surface area contributed by atoms with Gasteiger partial charge in [-0.25, -0.2) is 8.42 Å². The second-order valence-electron chi connectivity index (χ2n) is 5.70. The average Bonchev–Trinajstić information content (AvgIpc) is 2.73. The molecule has 0 bridgehead atoms.